The molecule has 0 aliphatic rings. The zero-order valence-corrected chi connectivity index (χ0v) is 14.6. The summed E-state index contributed by atoms with van der Waals surface area (Å²) in [6.45, 7) is 2.01. The molecule has 0 fully saturated rings. The highest BCUT2D eigenvalue weighted by Crippen LogP contribution is 2.25. The average molecular weight is 410 g/mol. The van der Waals surface area contributed by atoms with Gasteiger partial charge in [0.15, 0.2) is 0 Å². The normalized spacial score (nSPS) is 10.8. The first-order valence-corrected chi connectivity index (χ1v) is 7.96. The van der Waals surface area contributed by atoms with Gasteiger partial charge in [0.1, 0.15) is 0 Å². The smallest absolute Gasteiger partial charge is 0.244 e. The Hall–Kier alpha value is -1.46. The fraction of sp³-hybridized carbons (Fsp3) is 0.125. The highest BCUT2D eigenvalue weighted by molar-refractivity contribution is 9.11. The predicted molar refractivity (Wildman–Crippen MR) is 92.5 cm³/mol. The number of amides is 1. The number of hydrazone groups is 1. The summed E-state index contributed by atoms with van der Waals surface area (Å²) in [6.07, 6.45) is 1.94. The second-order valence-electron chi connectivity index (χ2n) is 4.57. The second-order valence-corrected chi connectivity index (χ2v) is 6.27. The van der Waals surface area contributed by atoms with Crippen molar-refractivity contribution in [1.82, 2.24) is 5.43 Å². The maximum Gasteiger partial charge on any atom is 0.244 e. The molecule has 0 unspecified atom stereocenters. The van der Waals surface area contributed by atoms with Gasteiger partial charge >= 0.3 is 0 Å². The van der Waals surface area contributed by atoms with Crippen LogP contribution in [0.2, 0.25) is 0 Å². The molecule has 0 atom stereocenters. The molecule has 1 amide bonds. The molecule has 2 rings (SSSR count). The van der Waals surface area contributed by atoms with Gasteiger partial charge in [0.25, 0.3) is 0 Å². The predicted octanol–water partition coefficient (Wildman–Crippen LogP) is 4.21. The van der Waals surface area contributed by atoms with Crippen LogP contribution in [0.1, 0.15) is 16.7 Å². The number of rotatable bonds is 4. The van der Waals surface area contributed by atoms with Gasteiger partial charge in [0, 0.05) is 8.95 Å². The molecule has 0 spiro atoms. The van der Waals surface area contributed by atoms with Gasteiger partial charge in [-0.2, -0.15) is 5.10 Å². The molecule has 0 saturated heterocycles. The molecule has 108 valence electrons. The third kappa shape index (κ3) is 4.79. The Kier molecular flexibility index (Phi) is 5.70. The summed E-state index contributed by atoms with van der Waals surface area (Å²) in [5, 5.41) is 3.98. The molecular weight excluding hydrogens is 396 g/mol. The van der Waals surface area contributed by atoms with Crippen LogP contribution in [-0.4, -0.2) is 12.1 Å². The van der Waals surface area contributed by atoms with Crippen LogP contribution in [0, 0.1) is 6.92 Å². The van der Waals surface area contributed by atoms with Crippen molar-refractivity contribution in [3.05, 3.63) is 68.1 Å². The Bertz CT molecular complexity index is 646. The van der Waals surface area contributed by atoms with Gasteiger partial charge in [-0.1, -0.05) is 62.2 Å². The largest absolute Gasteiger partial charge is 0.273 e. The number of carbonyl (C=O) groups is 1. The van der Waals surface area contributed by atoms with Gasteiger partial charge in [0.05, 0.1) is 12.6 Å². The lowest BCUT2D eigenvalue weighted by Crippen LogP contribution is -2.19. The van der Waals surface area contributed by atoms with Crippen LogP contribution in [0.25, 0.3) is 0 Å². The zero-order chi connectivity index (χ0) is 15.2. The van der Waals surface area contributed by atoms with Crippen molar-refractivity contribution in [2.75, 3.05) is 0 Å². The van der Waals surface area contributed by atoms with E-state index in [0.717, 1.165) is 25.6 Å². The number of nitrogens with zero attached hydrogens (tertiary/aromatic N) is 1. The number of carbonyl (C=O) groups excluding carboxylic acids is 1. The van der Waals surface area contributed by atoms with Crippen molar-refractivity contribution in [2.24, 2.45) is 5.10 Å². The minimum absolute atomic E-state index is 0.136. The number of nitrogens with one attached hydrogen (secondary N) is 1. The quantitative estimate of drug-likeness (QED) is 0.596. The van der Waals surface area contributed by atoms with Crippen LogP contribution in [0.5, 0.6) is 0 Å². The van der Waals surface area contributed by atoms with E-state index in [1.807, 2.05) is 49.4 Å². The Morgan fingerprint density at radius 1 is 1.19 bits per heavy atom. The third-order valence-corrected chi connectivity index (χ3v) is 4.56. The van der Waals surface area contributed by atoms with Crippen molar-refractivity contribution in [1.29, 1.82) is 0 Å². The van der Waals surface area contributed by atoms with Crippen molar-refractivity contribution < 1.29 is 4.79 Å². The molecule has 5 heteroatoms. The molecule has 0 saturated carbocycles. The molecule has 0 heterocycles. The molecule has 0 aliphatic carbocycles. The monoisotopic (exact) mass is 408 g/mol. The minimum atomic E-state index is -0.136. The lowest BCUT2D eigenvalue weighted by atomic mass is 10.1. The first kappa shape index (κ1) is 15.9. The van der Waals surface area contributed by atoms with Gasteiger partial charge in [0.2, 0.25) is 5.91 Å². The summed E-state index contributed by atoms with van der Waals surface area (Å²) < 4.78 is 1.99. The number of hydrogen-bond acceptors (Lipinski definition) is 2. The molecule has 0 radical (unpaired) electrons. The van der Waals surface area contributed by atoms with Crippen LogP contribution in [0.15, 0.2) is 56.5 Å². The molecule has 0 bridgehead atoms. The maximum absolute atomic E-state index is 11.7. The van der Waals surface area contributed by atoms with Gasteiger partial charge in [-0.3, -0.25) is 4.79 Å². The Morgan fingerprint density at radius 3 is 2.43 bits per heavy atom. The van der Waals surface area contributed by atoms with E-state index in [0.29, 0.717) is 6.42 Å². The molecule has 3 nitrogen and oxygen atoms in total. The minimum Gasteiger partial charge on any atom is -0.273 e. The lowest BCUT2D eigenvalue weighted by Gasteiger charge is -2.03. The molecule has 2 aromatic rings. The standard InChI is InChI=1S/C16H14Br2N2O/c1-11-14(17)7-13(8-15(11)18)10-19-20-16(21)9-12-5-3-2-4-6-12/h2-8,10H,9H2,1H3,(H,20,21)/b19-10+. The Morgan fingerprint density at radius 2 is 1.81 bits per heavy atom. The lowest BCUT2D eigenvalue weighted by molar-refractivity contribution is -0.120. The van der Waals surface area contributed by atoms with E-state index in [4.69, 9.17) is 0 Å². The van der Waals surface area contributed by atoms with E-state index in [1.165, 1.54) is 0 Å². The zero-order valence-electron chi connectivity index (χ0n) is 11.4. The number of hydrogen-bond donors (Lipinski definition) is 1. The van der Waals surface area contributed by atoms with Crippen LogP contribution < -0.4 is 5.43 Å². The molecule has 0 aromatic heterocycles. The Balaban J connectivity index is 1.95. The van der Waals surface area contributed by atoms with Crippen molar-refractivity contribution in [3.8, 4) is 0 Å². The topological polar surface area (TPSA) is 41.5 Å². The number of halogens is 2. The first-order valence-electron chi connectivity index (χ1n) is 6.38. The summed E-state index contributed by atoms with van der Waals surface area (Å²) in [4.78, 5) is 11.7. The van der Waals surface area contributed by atoms with Gasteiger partial charge in [-0.05, 0) is 35.7 Å². The molecule has 1 N–H and O–H groups in total. The highest BCUT2D eigenvalue weighted by Gasteiger charge is 2.03. The van der Waals surface area contributed by atoms with E-state index in [-0.39, 0.29) is 5.91 Å². The van der Waals surface area contributed by atoms with Crippen molar-refractivity contribution in [2.45, 2.75) is 13.3 Å². The fourth-order valence-corrected chi connectivity index (χ4v) is 2.96. The summed E-state index contributed by atoms with van der Waals surface area (Å²) in [5.41, 5.74) is 5.52. The van der Waals surface area contributed by atoms with E-state index in [9.17, 15) is 4.79 Å². The molecular formula is C16H14Br2N2O. The number of benzene rings is 2. The summed E-state index contributed by atoms with van der Waals surface area (Å²) in [6, 6.07) is 13.5. The summed E-state index contributed by atoms with van der Waals surface area (Å²) in [5.74, 6) is -0.136. The van der Waals surface area contributed by atoms with E-state index < -0.39 is 0 Å². The maximum atomic E-state index is 11.7. The molecule has 2 aromatic carbocycles. The third-order valence-electron chi connectivity index (χ3n) is 2.91. The Labute approximate surface area is 140 Å². The summed E-state index contributed by atoms with van der Waals surface area (Å²) >= 11 is 6.97. The second kappa shape index (κ2) is 7.52. The molecule has 21 heavy (non-hydrogen) atoms. The fourth-order valence-electron chi connectivity index (χ4n) is 1.74. The van der Waals surface area contributed by atoms with Crippen LogP contribution in [-0.2, 0) is 11.2 Å². The average Bonchev–Trinajstić information content (AvgIpc) is 2.45. The van der Waals surface area contributed by atoms with Crippen LogP contribution in [0.4, 0.5) is 0 Å². The SMILES string of the molecule is Cc1c(Br)cc(/C=N/NC(=O)Cc2ccccc2)cc1Br. The van der Waals surface area contributed by atoms with Crippen LogP contribution in [0.3, 0.4) is 0 Å². The van der Waals surface area contributed by atoms with Gasteiger partial charge < -0.3 is 0 Å². The van der Waals surface area contributed by atoms with E-state index >= 15 is 0 Å². The van der Waals surface area contributed by atoms with E-state index in [1.54, 1.807) is 6.21 Å². The highest BCUT2D eigenvalue weighted by atomic mass is 79.9. The van der Waals surface area contributed by atoms with Crippen molar-refractivity contribution >= 4 is 44.0 Å². The van der Waals surface area contributed by atoms with Gasteiger partial charge in [-0.25, -0.2) is 5.43 Å². The van der Waals surface area contributed by atoms with E-state index in [2.05, 4.69) is 42.4 Å². The van der Waals surface area contributed by atoms with Crippen molar-refractivity contribution in [3.63, 3.8) is 0 Å². The summed E-state index contributed by atoms with van der Waals surface area (Å²) in [7, 11) is 0. The molecule has 0 aliphatic heterocycles. The van der Waals surface area contributed by atoms with Crippen LogP contribution >= 0.6 is 31.9 Å². The van der Waals surface area contributed by atoms with Gasteiger partial charge in [-0.15, -0.1) is 0 Å². The first-order chi connectivity index (χ1) is 10.1.